The first-order valence-corrected chi connectivity index (χ1v) is 6.57. The van der Waals surface area contributed by atoms with Crippen LogP contribution < -0.4 is 0 Å². The molecule has 0 amide bonds. The second-order valence-electron chi connectivity index (χ2n) is 6.05. The molecule has 0 aromatic rings. The lowest BCUT2D eigenvalue weighted by Crippen LogP contribution is -2.41. The molecule has 1 fully saturated rings. The van der Waals surface area contributed by atoms with Gasteiger partial charge in [0.05, 0.1) is 5.41 Å². The Bertz CT molecular complexity index is 248. The summed E-state index contributed by atoms with van der Waals surface area (Å²) in [4.78, 5) is 12.1. The highest BCUT2D eigenvalue weighted by atomic mass is 16.6. The van der Waals surface area contributed by atoms with E-state index in [0.717, 1.165) is 19.3 Å². The van der Waals surface area contributed by atoms with Gasteiger partial charge >= 0.3 is 5.97 Å². The Morgan fingerprint density at radius 2 is 1.67 bits per heavy atom. The number of ether oxygens (including phenoxy) is 1. The van der Waals surface area contributed by atoms with Gasteiger partial charge in [-0.2, -0.15) is 0 Å². The highest BCUT2D eigenvalue weighted by Gasteiger charge is 2.43. The quantitative estimate of drug-likeness (QED) is 0.647. The van der Waals surface area contributed by atoms with Crippen molar-refractivity contribution in [3.63, 3.8) is 0 Å². The molecule has 0 saturated heterocycles. The Hall–Kier alpha value is -0.530. The fraction of sp³-hybridized carbons (Fsp3) is 0.938. The average Bonchev–Trinajstić information content (AvgIpc) is 2.67. The maximum Gasteiger partial charge on any atom is 0.312 e. The van der Waals surface area contributed by atoms with Gasteiger partial charge in [0.2, 0.25) is 0 Å². The van der Waals surface area contributed by atoms with Crippen LogP contribution in [0, 0.1) is 11.3 Å². The summed E-state index contributed by atoms with van der Waals surface area (Å²) in [6.45, 7) is 10.3. The average molecular weight is 258 g/mol. The normalized spacial score (nSPS) is 17.9. The van der Waals surface area contributed by atoms with Crippen LogP contribution >= 0.6 is 0 Å². The molecule has 110 valence electrons. The maximum atomic E-state index is 12.1. The van der Waals surface area contributed by atoms with Gasteiger partial charge in [0.25, 0.3) is 0 Å². The smallest absolute Gasteiger partial charge is 0.312 e. The van der Waals surface area contributed by atoms with Gasteiger partial charge in [0.15, 0.2) is 0 Å². The van der Waals surface area contributed by atoms with Crippen molar-refractivity contribution in [1.82, 2.24) is 0 Å². The Kier molecular flexibility index (Phi) is 7.87. The summed E-state index contributed by atoms with van der Waals surface area (Å²) in [6.07, 6.45) is 5.29. The van der Waals surface area contributed by atoms with Crippen molar-refractivity contribution in [2.75, 3.05) is 0 Å². The minimum atomic E-state index is -0.343. The van der Waals surface area contributed by atoms with Crippen molar-refractivity contribution in [1.29, 1.82) is 0 Å². The van der Waals surface area contributed by atoms with E-state index >= 15 is 0 Å². The van der Waals surface area contributed by atoms with E-state index in [4.69, 9.17) is 4.74 Å². The largest absolute Gasteiger partial charge is 0.458 e. The molecule has 1 rings (SSSR count). The molecule has 1 saturated carbocycles. The molecule has 0 unspecified atom stereocenters. The van der Waals surface area contributed by atoms with Gasteiger partial charge in [-0.3, -0.25) is 4.79 Å². The third kappa shape index (κ3) is 4.00. The minimum absolute atomic E-state index is 0. The Morgan fingerprint density at radius 3 is 2.00 bits per heavy atom. The van der Waals surface area contributed by atoms with Crippen LogP contribution in [0.3, 0.4) is 0 Å². The van der Waals surface area contributed by atoms with E-state index in [1.54, 1.807) is 0 Å². The summed E-state index contributed by atoms with van der Waals surface area (Å²) in [6, 6.07) is 0. The summed E-state index contributed by atoms with van der Waals surface area (Å²) >= 11 is 0. The number of rotatable bonds is 4. The van der Waals surface area contributed by atoms with Gasteiger partial charge in [0.1, 0.15) is 5.60 Å². The molecule has 1 aliphatic carbocycles. The molecule has 0 radical (unpaired) electrons. The number of hydrogen-bond acceptors (Lipinski definition) is 2. The molecule has 0 aliphatic heterocycles. The molecule has 18 heavy (non-hydrogen) atoms. The Balaban J connectivity index is 0. The zero-order chi connectivity index (χ0) is 12.4. The summed E-state index contributed by atoms with van der Waals surface area (Å²) in [5.41, 5.74) is -0.520. The van der Waals surface area contributed by atoms with Crippen LogP contribution in [0.5, 0.6) is 0 Å². The van der Waals surface area contributed by atoms with E-state index in [0.29, 0.717) is 5.92 Å². The molecule has 0 N–H and O–H groups in total. The molecule has 2 heteroatoms. The van der Waals surface area contributed by atoms with Crippen molar-refractivity contribution in [3.8, 4) is 0 Å². The number of carbonyl (C=O) groups excluding carboxylic acids is 1. The fourth-order valence-electron chi connectivity index (χ4n) is 2.24. The summed E-state index contributed by atoms with van der Waals surface area (Å²) in [5.74, 6) is 0.400. The highest BCUT2D eigenvalue weighted by molar-refractivity contribution is 5.76. The highest BCUT2D eigenvalue weighted by Crippen LogP contribution is 2.41. The lowest BCUT2D eigenvalue weighted by molar-refractivity contribution is -0.175. The molecular weight excluding hydrogens is 224 g/mol. The Labute approximate surface area is 114 Å². The molecule has 0 atom stereocenters. The molecule has 0 aromatic carbocycles. The SMILES string of the molecule is C.C.CCC(C)(C)C(=O)OC1(C(C)C)CCCC1. The van der Waals surface area contributed by atoms with E-state index < -0.39 is 0 Å². The third-order valence-electron chi connectivity index (χ3n) is 4.23. The van der Waals surface area contributed by atoms with Crippen LogP contribution in [-0.2, 0) is 9.53 Å². The summed E-state index contributed by atoms with van der Waals surface area (Å²) in [7, 11) is 0. The first-order chi connectivity index (χ1) is 7.34. The van der Waals surface area contributed by atoms with Gasteiger partial charge in [-0.05, 0) is 51.9 Å². The second-order valence-corrected chi connectivity index (χ2v) is 6.05. The topological polar surface area (TPSA) is 26.3 Å². The van der Waals surface area contributed by atoms with Crippen LogP contribution in [0.2, 0.25) is 0 Å². The van der Waals surface area contributed by atoms with Crippen LogP contribution in [-0.4, -0.2) is 11.6 Å². The predicted molar refractivity (Wildman–Crippen MR) is 79.7 cm³/mol. The first-order valence-electron chi connectivity index (χ1n) is 6.57. The molecule has 0 spiro atoms. The molecule has 0 aromatic heterocycles. The minimum Gasteiger partial charge on any atom is -0.458 e. The molecular formula is C16H34O2. The number of esters is 1. The van der Waals surface area contributed by atoms with Crippen molar-refractivity contribution in [2.24, 2.45) is 11.3 Å². The fourth-order valence-corrected chi connectivity index (χ4v) is 2.24. The zero-order valence-corrected chi connectivity index (χ0v) is 11.4. The van der Waals surface area contributed by atoms with Crippen molar-refractivity contribution >= 4 is 5.97 Å². The monoisotopic (exact) mass is 258 g/mol. The lowest BCUT2D eigenvalue weighted by Gasteiger charge is -2.36. The van der Waals surface area contributed by atoms with E-state index in [-0.39, 0.29) is 31.8 Å². The molecule has 2 nitrogen and oxygen atoms in total. The number of carbonyl (C=O) groups is 1. The second kappa shape index (κ2) is 7.16. The van der Waals surface area contributed by atoms with E-state index in [1.807, 2.05) is 20.8 Å². The zero-order valence-electron chi connectivity index (χ0n) is 11.4. The first kappa shape index (κ1) is 19.8. The van der Waals surface area contributed by atoms with Crippen LogP contribution in [0.25, 0.3) is 0 Å². The van der Waals surface area contributed by atoms with E-state index in [2.05, 4.69) is 13.8 Å². The standard InChI is InChI=1S/C14H26O2.2CH4/c1-6-13(4,5)12(15)16-14(11(2)3)9-7-8-10-14;;/h11H,6-10H2,1-5H3;2*1H4. The molecule has 0 heterocycles. The van der Waals surface area contributed by atoms with Crippen molar-refractivity contribution in [2.45, 2.75) is 87.2 Å². The maximum absolute atomic E-state index is 12.1. The van der Waals surface area contributed by atoms with Gasteiger partial charge in [0, 0.05) is 0 Å². The van der Waals surface area contributed by atoms with Crippen molar-refractivity contribution in [3.05, 3.63) is 0 Å². The van der Waals surface area contributed by atoms with Crippen LogP contribution in [0.4, 0.5) is 0 Å². The number of hydrogen-bond donors (Lipinski definition) is 0. The van der Waals surface area contributed by atoms with Crippen LogP contribution in [0.1, 0.15) is 81.6 Å². The van der Waals surface area contributed by atoms with Gasteiger partial charge in [-0.15, -0.1) is 0 Å². The molecule has 1 aliphatic rings. The van der Waals surface area contributed by atoms with E-state index in [1.165, 1.54) is 12.8 Å². The Morgan fingerprint density at radius 1 is 1.22 bits per heavy atom. The predicted octanol–water partition coefficient (Wildman–Crippen LogP) is 5.21. The van der Waals surface area contributed by atoms with Gasteiger partial charge in [-0.25, -0.2) is 0 Å². The third-order valence-corrected chi connectivity index (χ3v) is 4.23. The summed E-state index contributed by atoms with van der Waals surface area (Å²) in [5, 5.41) is 0. The van der Waals surface area contributed by atoms with Gasteiger partial charge < -0.3 is 4.74 Å². The molecule has 0 bridgehead atoms. The summed E-state index contributed by atoms with van der Waals surface area (Å²) < 4.78 is 5.88. The van der Waals surface area contributed by atoms with E-state index in [9.17, 15) is 4.79 Å². The van der Waals surface area contributed by atoms with Crippen molar-refractivity contribution < 1.29 is 9.53 Å². The lowest BCUT2D eigenvalue weighted by atomic mass is 9.86. The van der Waals surface area contributed by atoms with Gasteiger partial charge in [-0.1, -0.05) is 35.6 Å². The van der Waals surface area contributed by atoms with Crippen LogP contribution in [0.15, 0.2) is 0 Å².